The van der Waals surface area contributed by atoms with E-state index in [0.29, 0.717) is 35.7 Å². The van der Waals surface area contributed by atoms with Gasteiger partial charge in [-0.05, 0) is 75.7 Å². The molecule has 2 aromatic heterocycles. The normalized spacial score (nSPS) is 15.5. The maximum Gasteiger partial charge on any atom is 0.184 e. The molecule has 0 radical (unpaired) electrons. The van der Waals surface area contributed by atoms with Gasteiger partial charge < -0.3 is 16.0 Å². The van der Waals surface area contributed by atoms with Gasteiger partial charge in [-0.2, -0.15) is 5.10 Å². The number of allylic oxidation sites excluding steroid dienone is 10. The SMILES string of the molecule is CC=C/C=C(\C1=C(N)NC(c2[nH]nc3ncc(C(/C=C(\C=C\C)CN(C)C)=C/C)c(F)c23)=CC1)c1ccc(F)cc1. The minimum Gasteiger partial charge on any atom is -0.385 e. The molecule has 0 saturated carbocycles. The number of aromatic nitrogens is 3. The lowest BCUT2D eigenvalue weighted by Crippen LogP contribution is -2.25. The Balaban J connectivity index is 1.72. The van der Waals surface area contributed by atoms with Gasteiger partial charge in [-0.15, -0.1) is 0 Å². The minimum absolute atomic E-state index is 0.277. The number of halogens is 2. The van der Waals surface area contributed by atoms with Gasteiger partial charge in [-0.1, -0.05) is 60.7 Å². The monoisotopic (exact) mass is 554 g/mol. The number of dihydropyridines is 1. The maximum absolute atomic E-state index is 16.2. The van der Waals surface area contributed by atoms with Crippen LogP contribution in [0.15, 0.2) is 96.0 Å². The zero-order valence-corrected chi connectivity index (χ0v) is 24.1. The first-order valence-electron chi connectivity index (χ1n) is 13.5. The molecule has 0 unspecified atom stereocenters. The predicted molar refractivity (Wildman–Crippen MR) is 165 cm³/mol. The molecule has 6 nitrogen and oxygen atoms in total. The highest BCUT2D eigenvalue weighted by Gasteiger charge is 2.23. The summed E-state index contributed by atoms with van der Waals surface area (Å²) >= 11 is 0. The lowest BCUT2D eigenvalue weighted by molar-refractivity contribution is 0.449. The van der Waals surface area contributed by atoms with Crippen LogP contribution >= 0.6 is 0 Å². The van der Waals surface area contributed by atoms with Gasteiger partial charge in [-0.3, -0.25) is 5.10 Å². The smallest absolute Gasteiger partial charge is 0.184 e. The van der Waals surface area contributed by atoms with Crippen molar-refractivity contribution in [1.29, 1.82) is 0 Å². The van der Waals surface area contributed by atoms with Crippen LogP contribution < -0.4 is 11.1 Å². The van der Waals surface area contributed by atoms with Crippen LogP contribution in [-0.4, -0.2) is 40.7 Å². The Morgan fingerprint density at radius 1 is 1.10 bits per heavy atom. The molecule has 0 aliphatic carbocycles. The molecule has 0 amide bonds. The molecule has 0 fully saturated rings. The Labute approximate surface area is 240 Å². The van der Waals surface area contributed by atoms with E-state index in [4.69, 9.17) is 5.73 Å². The number of nitrogens with one attached hydrogen (secondary N) is 2. The number of nitrogens with zero attached hydrogens (tertiary/aromatic N) is 3. The van der Waals surface area contributed by atoms with Gasteiger partial charge in [0.15, 0.2) is 5.65 Å². The largest absolute Gasteiger partial charge is 0.385 e. The molecule has 0 atom stereocenters. The number of nitrogens with two attached hydrogens (primary N) is 1. The summed E-state index contributed by atoms with van der Waals surface area (Å²) in [7, 11) is 3.99. The average molecular weight is 555 g/mol. The summed E-state index contributed by atoms with van der Waals surface area (Å²) < 4.78 is 29.8. The standard InChI is InChI=1S/C33H36F2N6/c1-6-9-11-25(23-12-14-24(34)15-13-23)26-16-17-28(38-32(26)36)31-29-30(35)27(19-37-33(29)40-39-31)22(8-3)18-21(10-7-2)20-41(4)5/h6-15,17-19,38H,16,20,36H2,1-5H3,(H,37,39,40)/b9-6?,10-7+,21-18+,22-8+,25-11-. The molecule has 212 valence electrons. The fourth-order valence-electron chi connectivity index (χ4n) is 4.79. The van der Waals surface area contributed by atoms with Gasteiger partial charge in [0, 0.05) is 23.9 Å². The fourth-order valence-corrected chi connectivity index (χ4v) is 4.79. The van der Waals surface area contributed by atoms with Crippen LogP contribution in [0.5, 0.6) is 0 Å². The number of rotatable bonds is 9. The lowest BCUT2D eigenvalue weighted by Gasteiger charge is -2.22. The third-order valence-corrected chi connectivity index (χ3v) is 6.67. The molecule has 41 heavy (non-hydrogen) atoms. The van der Waals surface area contributed by atoms with Crippen LogP contribution in [0.4, 0.5) is 8.78 Å². The first-order chi connectivity index (χ1) is 19.8. The van der Waals surface area contributed by atoms with Crippen molar-refractivity contribution >= 4 is 27.9 Å². The zero-order chi connectivity index (χ0) is 29.5. The summed E-state index contributed by atoms with van der Waals surface area (Å²) in [4.78, 5) is 6.52. The molecule has 1 aromatic carbocycles. The molecule has 0 saturated heterocycles. The highest BCUT2D eigenvalue weighted by Crippen LogP contribution is 2.34. The molecule has 0 bridgehead atoms. The second-order valence-electron chi connectivity index (χ2n) is 9.94. The molecule has 3 heterocycles. The van der Waals surface area contributed by atoms with Crippen LogP contribution in [0, 0.1) is 11.6 Å². The zero-order valence-electron chi connectivity index (χ0n) is 24.1. The molecule has 3 aromatic rings. The Morgan fingerprint density at radius 3 is 2.49 bits per heavy atom. The van der Waals surface area contributed by atoms with Crippen molar-refractivity contribution in [3.05, 3.63) is 124 Å². The molecule has 4 N–H and O–H groups in total. The molecule has 4 rings (SSSR count). The van der Waals surface area contributed by atoms with Gasteiger partial charge in [0.1, 0.15) is 17.5 Å². The van der Waals surface area contributed by atoms with Crippen molar-refractivity contribution in [3.63, 3.8) is 0 Å². The number of H-pyrrole nitrogens is 1. The molecule has 0 spiro atoms. The van der Waals surface area contributed by atoms with Crippen molar-refractivity contribution < 1.29 is 8.78 Å². The Kier molecular flexibility index (Phi) is 9.47. The quantitative estimate of drug-likeness (QED) is 0.252. The van der Waals surface area contributed by atoms with E-state index in [1.807, 2.05) is 83.5 Å². The van der Waals surface area contributed by atoms with E-state index in [0.717, 1.165) is 27.9 Å². The highest BCUT2D eigenvalue weighted by atomic mass is 19.1. The highest BCUT2D eigenvalue weighted by molar-refractivity contribution is 5.93. The number of fused-ring (bicyclic) bond motifs is 1. The van der Waals surface area contributed by atoms with Crippen molar-refractivity contribution in [3.8, 4) is 0 Å². The van der Waals surface area contributed by atoms with E-state index >= 15 is 4.39 Å². The third-order valence-electron chi connectivity index (χ3n) is 6.67. The number of hydrogen-bond acceptors (Lipinski definition) is 5. The van der Waals surface area contributed by atoms with E-state index in [9.17, 15) is 4.39 Å². The van der Waals surface area contributed by atoms with Gasteiger partial charge in [0.25, 0.3) is 0 Å². The maximum atomic E-state index is 16.2. The summed E-state index contributed by atoms with van der Waals surface area (Å²) in [5.41, 5.74) is 12.6. The molecular weight excluding hydrogens is 518 g/mol. The third kappa shape index (κ3) is 6.61. The summed E-state index contributed by atoms with van der Waals surface area (Å²) in [6, 6.07) is 6.30. The lowest BCUT2D eigenvalue weighted by atomic mass is 9.92. The van der Waals surface area contributed by atoms with E-state index in [1.54, 1.807) is 12.1 Å². The second-order valence-corrected chi connectivity index (χ2v) is 9.94. The van der Waals surface area contributed by atoms with Gasteiger partial charge in [0.05, 0.1) is 16.8 Å². The van der Waals surface area contributed by atoms with Crippen LogP contribution in [-0.2, 0) is 0 Å². The second kappa shape index (κ2) is 13.2. The van der Waals surface area contributed by atoms with Gasteiger partial charge in [0.2, 0.25) is 0 Å². The van der Waals surface area contributed by atoms with Gasteiger partial charge >= 0.3 is 0 Å². The summed E-state index contributed by atoms with van der Waals surface area (Å²) in [5.74, 6) is -0.297. The molecular formula is C33H36F2N6. The van der Waals surface area contributed by atoms with Gasteiger partial charge in [-0.25, -0.2) is 13.8 Å². The van der Waals surface area contributed by atoms with E-state index in [1.165, 1.54) is 18.3 Å². The van der Waals surface area contributed by atoms with E-state index in [-0.39, 0.29) is 16.9 Å². The van der Waals surface area contributed by atoms with Crippen molar-refractivity contribution in [2.75, 3.05) is 20.6 Å². The van der Waals surface area contributed by atoms with Crippen LogP contribution in [0.1, 0.15) is 44.0 Å². The number of likely N-dealkylation sites (N-methyl/N-ethyl adjacent to an activating group) is 1. The summed E-state index contributed by atoms with van der Waals surface area (Å²) in [6.45, 7) is 6.47. The number of pyridine rings is 1. The molecule has 1 aliphatic rings. The number of hydrogen-bond donors (Lipinski definition) is 3. The molecule has 8 heteroatoms. The predicted octanol–water partition coefficient (Wildman–Crippen LogP) is 6.87. The topological polar surface area (TPSA) is 82.9 Å². The fraction of sp³-hybridized carbons (Fsp3) is 0.212. The summed E-state index contributed by atoms with van der Waals surface area (Å²) in [6.07, 6.45) is 17.6. The number of aromatic amines is 1. The molecule has 1 aliphatic heterocycles. The van der Waals surface area contributed by atoms with E-state index < -0.39 is 5.82 Å². The van der Waals surface area contributed by atoms with Crippen molar-refractivity contribution in [2.45, 2.75) is 27.2 Å². The Hall–Kier alpha value is -4.56. The first kappa shape index (κ1) is 29.4. The van der Waals surface area contributed by atoms with Crippen molar-refractivity contribution in [1.82, 2.24) is 25.4 Å². The van der Waals surface area contributed by atoms with Crippen LogP contribution in [0.3, 0.4) is 0 Å². The minimum atomic E-state index is -0.413. The van der Waals surface area contributed by atoms with Crippen LogP contribution in [0.2, 0.25) is 0 Å². The first-order valence-corrected chi connectivity index (χ1v) is 13.5. The average Bonchev–Trinajstić information content (AvgIpc) is 3.39. The van der Waals surface area contributed by atoms with Crippen LogP contribution in [0.25, 0.3) is 27.9 Å². The van der Waals surface area contributed by atoms with E-state index in [2.05, 4.69) is 25.4 Å². The summed E-state index contributed by atoms with van der Waals surface area (Å²) in [5, 5.41) is 10.7. The Morgan fingerprint density at radius 2 is 1.85 bits per heavy atom. The number of benzene rings is 1. The Bertz CT molecular complexity index is 1630. The van der Waals surface area contributed by atoms with Crippen molar-refractivity contribution in [2.24, 2.45) is 5.73 Å².